The maximum Gasteiger partial charge on any atom is 0.296 e. The van der Waals surface area contributed by atoms with Gasteiger partial charge in [0.05, 0.1) is 0 Å². The first-order valence-corrected chi connectivity index (χ1v) is 8.87. The highest BCUT2D eigenvalue weighted by Crippen LogP contribution is 2.46. The summed E-state index contributed by atoms with van der Waals surface area (Å²) in [4.78, 5) is 29.4. The molecule has 2 N–H and O–H groups in total. The van der Waals surface area contributed by atoms with Crippen LogP contribution < -0.4 is 10.9 Å². The van der Waals surface area contributed by atoms with E-state index in [4.69, 9.17) is 0 Å². The Morgan fingerprint density at radius 2 is 1.92 bits per heavy atom. The topological polar surface area (TPSA) is 84.2 Å². The molecule has 1 spiro atoms. The van der Waals surface area contributed by atoms with Gasteiger partial charge in [-0.15, -0.1) is 0 Å². The minimum atomic E-state index is -0.611. The number of hydrogen-bond acceptors (Lipinski definition) is 4. The zero-order valence-electron chi connectivity index (χ0n) is 14.3. The summed E-state index contributed by atoms with van der Waals surface area (Å²) < 4.78 is 14.5. The average molecular weight is 357 g/mol. The van der Waals surface area contributed by atoms with E-state index >= 15 is 0 Å². The third-order valence-corrected chi connectivity index (χ3v) is 5.58. The monoisotopic (exact) mass is 357 g/mol. The Balaban J connectivity index is 1.62. The molecule has 6 nitrogen and oxygen atoms in total. The van der Waals surface area contributed by atoms with Crippen molar-refractivity contribution in [1.82, 2.24) is 14.9 Å². The van der Waals surface area contributed by atoms with Gasteiger partial charge in [0, 0.05) is 18.5 Å². The molecule has 2 aromatic rings. The molecule has 26 heavy (non-hydrogen) atoms. The molecule has 136 valence electrons. The van der Waals surface area contributed by atoms with Crippen LogP contribution in [0.4, 0.5) is 4.39 Å². The zero-order valence-corrected chi connectivity index (χ0v) is 14.3. The third-order valence-electron chi connectivity index (χ3n) is 5.58. The normalized spacial score (nSPS) is 17.4. The minimum Gasteiger partial charge on any atom is -0.501 e. The lowest BCUT2D eigenvalue weighted by molar-refractivity contribution is 0.0941. The predicted octanol–water partition coefficient (Wildman–Crippen LogP) is 2.23. The molecule has 4 rings (SSSR count). The molecule has 1 aliphatic heterocycles. The van der Waals surface area contributed by atoms with Crippen LogP contribution in [0.1, 0.15) is 54.0 Å². The number of carbonyl (C=O) groups is 1. The number of aromatic nitrogens is 2. The highest BCUT2D eigenvalue weighted by atomic mass is 19.1. The molecule has 1 aliphatic carbocycles. The third kappa shape index (κ3) is 2.67. The number of halogens is 1. The Kier molecular flexibility index (Phi) is 4.01. The zero-order chi connectivity index (χ0) is 18.3. The maximum atomic E-state index is 13.0. The highest BCUT2D eigenvalue weighted by Gasteiger charge is 2.44. The number of fused-ring (bicyclic) bond motifs is 2. The molecule has 0 atom stereocenters. The van der Waals surface area contributed by atoms with E-state index in [2.05, 4.69) is 10.3 Å². The van der Waals surface area contributed by atoms with E-state index in [1.807, 2.05) is 0 Å². The lowest BCUT2D eigenvalue weighted by atomic mass is 9.84. The van der Waals surface area contributed by atoms with Gasteiger partial charge in [0.25, 0.3) is 11.5 Å². The lowest BCUT2D eigenvalue weighted by Gasteiger charge is -2.22. The summed E-state index contributed by atoms with van der Waals surface area (Å²) in [5.41, 5.74) is -0.203. The Morgan fingerprint density at radius 1 is 1.23 bits per heavy atom. The van der Waals surface area contributed by atoms with Crippen molar-refractivity contribution < 1.29 is 14.3 Å². The van der Waals surface area contributed by atoms with Crippen molar-refractivity contribution >= 4 is 5.91 Å². The molecule has 2 heterocycles. The Hall–Kier alpha value is -2.70. The van der Waals surface area contributed by atoms with Crippen LogP contribution in [0.3, 0.4) is 0 Å². The van der Waals surface area contributed by atoms with Gasteiger partial charge in [-0.2, -0.15) is 0 Å². The lowest BCUT2D eigenvalue weighted by Crippen LogP contribution is -2.32. The quantitative estimate of drug-likeness (QED) is 0.882. The van der Waals surface area contributed by atoms with Gasteiger partial charge in [-0.25, -0.2) is 9.37 Å². The van der Waals surface area contributed by atoms with Crippen molar-refractivity contribution in [3.63, 3.8) is 0 Å². The average Bonchev–Trinajstić information content (AvgIpc) is 3.26. The number of nitrogens with zero attached hydrogens (tertiary/aromatic N) is 2. The number of carbonyl (C=O) groups excluding carboxylic acids is 1. The van der Waals surface area contributed by atoms with Gasteiger partial charge in [-0.3, -0.25) is 14.2 Å². The molecule has 0 bridgehead atoms. The summed E-state index contributed by atoms with van der Waals surface area (Å²) >= 11 is 0. The number of benzene rings is 1. The van der Waals surface area contributed by atoms with Gasteiger partial charge in [-0.05, 0) is 37.0 Å². The fourth-order valence-electron chi connectivity index (χ4n) is 4.15. The van der Waals surface area contributed by atoms with Gasteiger partial charge < -0.3 is 10.4 Å². The molecular weight excluding hydrogens is 337 g/mol. The van der Waals surface area contributed by atoms with Crippen molar-refractivity contribution in [2.24, 2.45) is 0 Å². The smallest absolute Gasteiger partial charge is 0.296 e. The van der Waals surface area contributed by atoms with Crippen LogP contribution in [0.5, 0.6) is 5.75 Å². The van der Waals surface area contributed by atoms with Gasteiger partial charge in [-0.1, -0.05) is 25.0 Å². The molecule has 1 fully saturated rings. The summed E-state index contributed by atoms with van der Waals surface area (Å²) in [7, 11) is 0. The number of hydrogen-bond donors (Lipinski definition) is 2. The summed E-state index contributed by atoms with van der Waals surface area (Å²) in [6, 6.07) is 5.74. The van der Waals surface area contributed by atoms with Gasteiger partial charge in [0.2, 0.25) is 5.75 Å². The largest absolute Gasteiger partial charge is 0.501 e. The fourth-order valence-corrected chi connectivity index (χ4v) is 4.15. The second-order valence-corrected chi connectivity index (χ2v) is 7.14. The Labute approximate surface area is 149 Å². The highest BCUT2D eigenvalue weighted by molar-refractivity contribution is 5.94. The second kappa shape index (κ2) is 6.23. The number of aromatic hydroxyl groups is 1. The van der Waals surface area contributed by atoms with E-state index in [1.165, 1.54) is 16.7 Å². The first-order chi connectivity index (χ1) is 12.5. The molecule has 1 aromatic heterocycles. The molecule has 0 saturated heterocycles. The van der Waals surface area contributed by atoms with Crippen molar-refractivity contribution in [3.05, 3.63) is 57.5 Å². The minimum absolute atomic E-state index is 0.140. The molecule has 7 heteroatoms. The van der Waals surface area contributed by atoms with E-state index in [1.54, 1.807) is 12.1 Å². The van der Waals surface area contributed by atoms with Crippen molar-refractivity contribution in [3.8, 4) is 5.75 Å². The maximum absolute atomic E-state index is 13.0. The van der Waals surface area contributed by atoms with Crippen LogP contribution in [-0.2, 0) is 18.5 Å². The van der Waals surface area contributed by atoms with Crippen LogP contribution >= 0.6 is 0 Å². The predicted molar refractivity (Wildman–Crippen MR) is 92.5 cm³/mol. The Morgan fingerprint density at radius 3 is 2.62 bits per heavy atom. The van der Waals surface area contributed by atoms with Crippen LogP contribution in [0, 0.1) is 5.82 Å². The van der Waals surface area contributed by atoms with E-state index in [-0.39, 0.29) is 23.5 Å². The van der Waals surface area contributed by atoms with E-state index in [0.717, 1.165) is 32.1 Å². The SMILES string of the molecule is O=C(NCc1ccc(F)cc1)c1nc2n(c(=O)c1O)CCC21CCCC1. The number of nitrogens with one attached hydrogen (secondary N) is 1. The summed E-state index contributed by atoms with van der Waals surface area (Å²) in [6.07, 6.45) is 4.92. The fraction of sp³-hybridized carbons (Fsp3) is 0.421. The molecule has 1 amide bonds. The van der Waals surface area contributed by atoms with Gasteiger partial charge >= 0.3 is 0 Å². The Bertz CT molecular complexity index is 915. The van der Waals surface area contributed by atoms with Gasteiger partial charge in [0.15, 0.2) is 5.69 Å². The van der Waals surface area contributed by atoms with Crippen molar-refractivity contribution in [1.29, 1.82) is 0 Å². The summed E-state index contributed by atoms with van der Waals surface area (Å²) in [5, 5.41) is 12.8. The molecular formula is C19H20FN3O3. The van der Waals surface area contributed by atoms with Gasteiger partial charge in [0.1, 0.15) is 11.6 Å². The molecule has 1 aromatic carbocycles. The van der Waals surface area contributed by atoms with Crippen LogP contribution in [-0.4, -0.2) is 20.6 Å². The van der Waals surface area contributed by atoms with Crippen LogP contribution in [0.2, 0.25) is 0 Å². The second-order valence-electron chi connectivity index (χ2n) is 7.14. The molecule has 0 radical (unpaired) electrons. The number of rotatable bonds is 3. The van der Waals surface area contributed by atoms with Crippen molar-refractivity contribution in [2.45, 2.75) is 50.6 Å². The van der Waals surface area contributed by atoms with Crippen LogP contribution in [0.25, 0.3) is 0 Å². The molecule has 1 saturated carbocycles. The van der Waals surface area contributed by atoms with Crippen molar-refractivity contribution in [2.75, 3.05) is 0 Å². The first-order valence-electron chi connectivity index (χ1n) is 8.87. The standard InChI is InChI=1S/C19H20FN3O3/c20-13-5-3-12(4-6-13)11-21-16(25)14-15(24)17(26)23-10-9-19(18(23)22-14)7-1-2-8-19/h3-6,24H,1-2,7-11H2,(H,21,25). The molecule has 2 aliphatic rings. The summed E-state index contributed by atoms with van der Waals surface area (Å²) in [6.45, 7) is 0.690. The van der Waals surface area contributed by atoms with Crippen LogP contribution in [0.15, 0.2) is 29.1 Å². The first kappa shape index (κ1) is 16.8. The van der Waals surface area contributed by atoms with E-state index in [9.17, 15) is 19.1 Å². The number of amides is 1. The van der Waals surface area contributed by atoms with E-state index in [0.29, 0.717) is 17.9 Å². The van der Waals surface area contributed by atoms with E-state index < -0.39 is 17.2 Å². The summed E-state index contributed by atoms with van der Waals surface area (Å²) in [5.74, 6) is -0.939. The molecule has 0 unspecified atom stereocenters.